The summed E-state index contributed by atoms with van der Waals surface area (Å²) in [6.45, 7) is 0. The van der Waals surface area contributed by atoms with Crippen molar-refractivity contribution >= 4 is 17.6 Å². The zero-order valence-electron chi connectivity index (χ0n) is 9.04. The van der Waals surface area contributed by atoms with Crippen molar-refractivity contribution in [3.63, 3.8) is 0 Å². The third-order valence-electron chi connectivity index (χ3n) is 2.72. The number of aromatic nitrogens is 2. The van der Waals surface area contributed by atoms with Gasteiger partial charge in [-0.3, -0.25) is 5.01 Å². The molecule has 0 saturated carbocycles. The first-order chi connectivity index (χ1) is 8.27. The Bertz CT molecular complexity index is 567. The van der Waals surface area contributed by atoms with Crippen LogP contribution in [0.1, 0.15) is 22.2 Å². The molecule has 1 atom stereocenters. The van der Waals surface area contributed by atoms with E-state index in [2.05, 4.69) is 15.3 Å². The van der Waals surface area contributed by atoms with E-state index < -0.39 is 0 Å². The van der Waals surface area contributed by atoms with Crippen LogP contribution >= 0.6 is 11.3 Å². The highest BCUT2D eigenvalue weighted by molar-refractivity contribution is 7.09. The predicted octanol–water partition coefficient (Wildman–Crippen LogP) is 2.05. The lowest BCUT2D eigenvalue weighted by atomic mass is 9.99. The molecule has 0 spiro atoms. The van der Waals surface area contributed by atoms with Gasteiger partial charge in [-0.2, -0.15) is 5.10 Å². The van der Waals surface area contributed by atoms with Crippen molar-refractivity contribution in [3.05, 3.63) is 45.7 Å². The number of hydrazone groups is 1. The van der Waals surface area contributed by atoms with Crippen molar-refractivity contribution in [1.29, 1.82) is 0 Å². The summed E-state index contributed by atoms with van der Waals surface area (Å²) in [5.41, 5.74) is 3.05. The number of hydrogen-bond donors (Lipinski definition) is 0. The molecule has 1 aliphatic rings. The van der Waals surface area contributed by atoms with Crippen molar-refractivity contribution in [2.75, 3.05) is 7.05 Å². The summed E-state index contributed by atoms with van der Waals surface area (Å²) in [7, 11) is 1.80. The average Bonchev–Trinajstić information content (AvgIpc) is 2.83. The summed E-state index contributed by atoms with van der Waals surface area (Å²) >= 11 is 1.40. The molecule has 1 aromatic heterocycles. The van der Waals surface area contributed by atoms with E-state index >= 15 is 0 Å². The molecule has 86 valence electrons. The first kappa shape index (κ1) is 10.3. The minimum Gasteiger partial charge on any atom is -0.285 e. The van der Waals surface area contributed by atoms with Crippen LogP contribution in [0.25, 0.3) is 0 Å². The molecule has 0 fully saturated rings. The third-order valence-corrected chi connectivity index (χ3v) is 3.47. The Balaban J connectivity index is 2.20. The molecule has 6 heteroatoms. The fraction of sp³-hybridized carbons (Fsp3) is 0.182. The van der Waals surface area contributed by atoms with Crippen molar-refractivity contribution in [3.8, 4) is 0 Å². The second-order valence-electron chi connectivity index (χ2n) is 3.74. The highest BCUT2D eigenvalue weighted by atomic mass is 32.1. The zero-order valence-corrected chi connectivity index (χ0v) is 9.86. The summed E-state index contributed by atoms with van der Waals surface area (Å²) in [4.78, 5) is 0. The minimum absolute atomic E-state index is 0.235. The topological polar surface area (TPSA) is 41.4 Å². The molecular formula is C11H9FN4S. The first-order valence-electron chi connectivity index (χ1n) is 5.08. The van der Waals surface area contributed by atoms with Crippen LogP contribution in [0, 0.1) is 5.82 Å². The molecule has 3 rings (SSSR count). The SMILES string of the molecule is CN1N=Cc2cccc(F)c2C1c1nncs1. The summed E-state index contributed by atoms with van der Waals surface area (Å²) in [6, 6.07) is 4.70. The minimum atomic E-state index is -0.288. The standard InChI is InChI=1S/C11H9FN4S/c1-16-10(11-15-13-6-17-11)9-7(5-14-16)3-2-4-8(9)12/h2-6,10H,1H3. The zero-order chi connectivity index (χ0) is 11.8. The molecule has 0 aliphatic carbocycles. The van der Waals surface area contributed by atoms with Gasteiger partial charge in [0.25, 0.3) is 0 Å². The van der Waals surface area contributed by atoms with Crippen LogP contribution in [-0.4, -0.2) is 28.5 Å². The van der Waals surface area contributed by atoms with Gasteiger partial charge in [0, 0.05) is 18.2 Å². The monoisotopic (exact) mass is 248 g/mol. The molecule has 0 bridgehead atoms. The van der Waals surface area contributed by atoms with E-state index in [1.54, 1.807) is 29.8 Å². The number of benzene rings is 1. The van der Waals surface area contributed by atoms with Gasteiger partial charge in [0.05, 0.1) is 6.21 Å². The van der Waals surface area contributed by atoms with E-state index in [0.717, 1.165) is 10.6 Å². The van der Waals surface area contributed by atoms with Crippen molar-refractivity contribution in [1.82, 2.24) is 15.2 Å². The third kappa shape index (κ3) is 1.61. The largest absolute Gasteiger partial charge is 0.285 e. The molecule has 0 N–H and O–H groups in total. The van der Waals surface area contributed by atoms with E-state index in [1.165, 1.54) is 17.4 Å². The highest BCUT2D eigenvalue weighted by Crippen LogP contribution is 2.34. The lowest BCUT2D eigenvalue weighted by Crippen LogP contribution is -2.26. The Hall–Kier alpha value is -1.82. The number of rotatable bonds is 1. The summed E-state index contributed by atoms with van der Waals surface area (Å²) in [6.07, 6.45) is 1.66. The lowest BCUT2D eigenvalue weighted by Gasteiger charge is -2.28. The second kappa shape index (κ2) is 3.89. The maximum Gasteiger partial charge on any atom is 0.146 e. The Morgan fingerprint density at radius 2 is 2.29 bits per heavy atom. The molecule has 0 amide bonds. The molecule has 2 aromatic rings. The van der Waals surface area contributed by atoms with Crippen LogP contribution in [0.5, 0.6) is 0 Å². The predicted molar refractivity (Wildman–Crippen MR) is 63.5 cm³/mol. The molecule has 0 radical (unpaired) electrons. The van der Waals surface area contributed by atoms with Gasteiger partial charge in [-0.05, 0) is 6.07 Å². The second-order valence-corrected chi connectivity index (χ2v) is 4.61. The lowest BCUT2D eigenvalue weighted by molar-refractivity contribution is 0.282. The van der Waals surface area contributed by atoms with Crippen molar-refractivity contribution in [2.24, 2.45) is 5.10 Å². The number of hydrogen-bond acceptors (Lipinski definition) is 5. The van der Waals surface area contributed by atoms with Crippen LogP contribution in [0.2, 0.25) is 0 Å². The van der Waals surface area contributed by atoms with Crippen LogP contribution in [0.3, 0.4) is 0 Å². The van der Waals surface area contributed by atoms with Crippen molar-refractivity contribution in [2.45, 2.75) is 6.04 Å². The van der Waals surface area contributed by atoms with Crippen LogP contribution in [0.4, 0.5) is 4.39 Å². The Morgan fingerprint density at radius 1 is 1.41 bits per heavy atom. The van der Waals surface area contributed by atoms with Gasteiger partial charge in [0.1, 0.15) is 22.4 Å². The van der Waals surface area contributed by atoms with Gasteiger partial charge in [0.2, 0.25) is 0 Å². The van der Waals surface area contributed by atoms with E-state index in [9.17, 15) is 4.39 Å². The normalized spacial score (nSPS) is 18.2. The van der Waals surface area contributed by atoms with Crippen LogP contribution in [-0.2, 0) is 0 Å². The van der Waals surface area contributed by atoms with Crippen molar-refractivity contribution < 1.29 is 4.39 Å². The highest BCUT2D eigenvalue weighted by Gasteiger charge is 2.29. The smallest absolute Gasteiger partial charge is 0.146 e. The first-order valence-corrected chi connectivity index (χ1v) is 5.96. The number of halogens is 1. The summed E-state index contributed by atoms with van der Waals surface area (Å²) < 4.78 is 14.0. The van der Waals surface area contributed by atoms with Gasteiger partial charge in [-0.25, -0.2) is 4.39 Å². The van der Waals surface area contributed by atoms with Gasteiger partial charge in [-0.1, -0.05) is 12.1 Å². The van der Waals surface area contributed by atoms with Gasteiger partial charge in [-0.15, -0.1) is 21.5 Å². The summed E-state index contributed by atoms with van der Waals surface area (Å²) in [5, 5.41) is 14.5. The molecule has 17 heavy (non-hydrogen) atoms. The van der Waals surface area contributed by atoms with E-state index in [4.69, 9.17) is 0 Å². The number of nitrogens with zero attached hydrogens (tertiary/aromatic N) is 4. The molecule has 1 aliphatic heterocycles. The van der Waals surface area contributed by atoms with E-state index in [-0.39, 0.29) is 11.9 Å². The molecule has 1 unspecified atom stereocenters. The fourth-order valence-electron chi connectivity index (χ4n) is 1.95. The Kier molecular flexibility index (Phi) is 2.36. The van der Waals surface area contributed by atoms with E-state index in [0.29, 0.717) is 5.56 Å². The Labute approximate surface area is 101 Å². The summed E-state index contributed by atoms with van der Waals surface area (Å²) in [5.74, 6) is -0.235. The quantitative estimate of drug-likeness (QED) is 0.775. The number of fused-ring (bicyclic) bond motifs is 1. The van der Waals surface area contributed by atoms with E-state index in [1.807, 2.05) is 6.07 Å². The molecule has 2 heterocycles. The van der Waals surface area contributed by atoms with Crippen LogP contribution < -0.4 is 0 Å². The van der Waals surface area contributed by atoms with Gasteiger partial charge < -0.3 is 0 Å². The fourth-order valence-corrected chi connectivity index (χ4v) is 2.64. The average molecular weight is 248 g/mol. The van der Waals surface area contributed by atoms with Crippen LogP contribution in [0.15, 0.2) is 28.8 Å². The molecular weight excluding hydrogens is 239 g/mol. The molecule has 1 aromatic carbocycles. The Morgan fingerprint density at radius 3 is 3.06 bits per heavy atom. The maximum atomic E-state index is 14.0. The molecule has 4 nitrogen and oxygen atoms in total. The van der Waals surface area contributed by atoms with Gasteiger partial charge >= 0.3 is 0 Å². The molecule has 0 saturated heterocycles. The maximum absolute atomic E-state index is 14.0. The van der Waals surface area contributed by atoms with Gasteiger partial charge in [0.15, 0.2) is 0 Å².